The lowest BCUT2D eigenvalue weighted by Crippen LogP contribution is -2.44. The normalized spacial score (nSPS) is 15.0. The van der Waals surface area contributed by atoms with E-state index in [1.807, 2.05) is 30.7 Å². The number of nitrogens with one attached hydrogen (secondary N) is 2. The minimum atomic E-state index is -0.178. The third-order valence-electron chi connectivity index (χ3n) is 5.03. The Kier molecular flexibility index (Phi) is 10.4. The number of ether oxygens (including phenoxy) is 1. The van der Waals surface area contributed by atoms with Gasteiger partial charge in [0, 0.05) is 39.8 Å². The average molecular weight is 531 g/mol. The molecule has 166 valence electrons. The Labute approximate surface area is 194 Å². The van der Waals surface area contributed by atoms with Crippen molar-refractivity contribution in [1.29, 1.82) is 0 Å². The lowest BCUT2D eigenvalue weighted by molar-refractivity contribution is 0.0389. The Morgan fingerprint density at radius 1 is 1.17 bits per heavy atom. The first kappa shape index (κ1) is 24.5. The zero-order chi connectivity index (χ0) is 20.5. The zero-order valence-electron chi connectivity index (χ0n) is 17.6. The van der Waals surface area contributed by atoms with Gasteiger partial charge in [0.1, 0.15) is 18.2 Å². The Balaban J connectivity index is 0.00000320. The smallest absolute Gasteiger partial charge is 0.191 e. The number of halogens is 2. The van der Waals surface area contributed by atoms with E-state index in [0.717, 1.165) is 51.0 Å². The number of guanidine groups is 1. The van der Waals surface area contributed by atoms with E-state index in [0.29, 0.717) is 31.0 Å². The molecule has 3 rings (SSSR count). The van der Waals surface area contributed by atoms with Gasteiger partial charge in [-0.2, -0.15) is 0 Å². The number of aliphatic imine (C=N–C) groups is 1. The maximum Gasteiger partial charge on any atom is 0.191 e. The summed E-state index contributed by atoms with van der Waals surface area (Å²) in [7, 11) is 1.93. The summed E-state index contributed by atoms with van der Waals surface area (Å²) in [6.07, 6.45) is 0.583. The molecule has 2 heterocycles. The molecule has 1 aliphatic rings. The Morgan fingerprint density at radius 2 is 1.90 bits per heavy atom. The summed E-state index contributed by atoms with van der Waals surface area (Å²) in [5, 5.41) is 14.9. The van der Waals surface area contributed by atoms with Crippen molar-refractivity contribution in [2.24, 2.45) is 12.0 Å². The van der Waals surface area contributed by atoms with E-state index in [1.165, 1.54) is 6.07 Å². The van der Waals surface area contributed by atoms with Gasteiger partial charge in [0.25, 0.3) is 0 Å². The number of hydrogen-bond donors (Lipinski definition) is 2. The van der Waals surface area contributed by atoms with Gasteiger partial charge in [0.15, 0.2) is 11.8 Å². The quantitative estimate of drug-likeness (QED) is 0.306. The number of hydrogen-bond acceptors (Lipinski definition) is 5. The summed E-state index contributed by atoms with van der Waals surface area (Å²) in [5.41, 5.74) is 0.691. The largest absolute Gasteiger partial charge is 0.379 e. The van der Waals surface area contributed by atoms with Crippen LogP contribution in [0.15, 0.2) is 29.3 Å². The molecule has 8 nitrogen and oxygen atoms in total. The van der Waals surface area contributed by atoms with E-state index in [4.69, 9.17) is 4.74 Å². The summed E-state index contributed by atoms with van der Waals surface area (Å²) in [4.78, 5) is 7.00. The number of benzene rings is 1. The van der Waals surface area contributed by atoms with Gasteiger partial charge in [0.2, 0.25) is 0 Å². The Bertz CT molecular complexity index is 808. The highest BCUT2D eigenvalue weighted by atomic mass is 127. The standard InChI is InChI=1S/C20H30FN7O.HI/c1-16-25-26-19(27(16)2)15-24-20(23-9-10-28-11-13-29-14-12-28)22-8-7-17-5-3-4-6-18(17)21;/h3-6H,7-15H2,1-2H3,(H2,22,23,24);1H. The zero-order valence-corrected chi connectivity index (χ0v) is 19.9. The molecule has 1 aromatic heterocycles. The van der Waals surface area contributed by atoms with Crippen LogP contribution in [0.1, 0.15) is 17.2 Å². The number of morpholine rings is 1. The molecule has 2 aromatic rings. The minimum Gasteiger partial charge on any atom is -0.379 e. The monoisotopic (exact) mass is 531 g/mol. The van der Waals surface area contributed by atoms with Crippen LogP contribution >= 0.6 is 24.0 Å². The van der Waals surface area contributed by atoms with Crippen molar-refractivity contribution in [3.63, 3.8) is 0 Å². The predicted molar refractivity (Wildman–Crippen MR) is 126 cm³/mol. The van der Waals surface area contributed by atoms with Crippen molar-refractivity contribution in [2.75, 3.05) is 45.9 Å². The molecule has 0 saturated carbocycles. The molecule has 0 bridgehead atoms. The van der Waals surface area contributed by atoms with Gasteiger partial charge in [0.05, 0.1) is 13.2 Å². The number of nitrogens with zero attached hydrogens (tertiary/aromatic N) is 5. The fraction of sp³-hybridized carbons (Fsp3) is 0.550. The fourth-order valence-electron chi connectivity index (χ4n) is 3.09. The van der Waals surface area contributed by atoms with Crippen LogP contribution < -0.4 is 10.6 Å². The number of aromatic nitrogens is 3. The van der Waals surface area contributed by atoms with Gasteiger partial charge < -0.3 is 19.9 Å². The highest BCUT2D eigenvalue weighted by molar-refractivity contribution is 14.0. The Hall–Kier alpha value is -1.79. The van der Waals surface area contributed by atoms with E-state index in [-0.39, 0.29) is 29.8 Å². The summed E-state index contributed by atoms with van der Waals surface area (Å²) in [5.74, 6) is 2.16. The molecule has 2 N–H and O–H groups in total. The predicted octanol–water partition coefficient (Wildman–Crippen LogP) is 1.49. The summed E-state index contributed by atoms with van der Waals surface area (Å²) in [6.45, 7) is 8.07. The van der Waals surface area contributed by atoms with Crippen molar-refractivity contribution < 1.29 is 9.13 Å². The van der Waals surface area contributed by atoms with Gasteiger partial charge in [-0.05, 0) is 25.0 Å². The molecule has 0 radical (unpaired) electrons. The van der Waals surface area contributed by atoms with Crippen molar-refractivity contribution in [2.45, 2.75) is 19.9 Å². The topological polar surface area (TPSA) is 79.6 Å². The van der Waals surface area contributed by atoms with E-state index in [1.54, 1.807) is 6.07 Å². The first-order chi connectivity index (χ1) is 14.1. The molecular formula is C20H31FIN7O. The average Bonchev–Trinajstić information content (AvgIpc) is 3.06. The van der Waals surface area contributed by atoms with E-state index in [2.05, 4.69) is 30.7 Å². The first-order valence-corrected chi connectivity index (χ1v) is 10.0. The van der Waals surface area contributed by atoms with Crippen molar-refractivity contribution in [3.8, 4) is 0 Å². The van der Waals surface area contributed by atoms with Gasteiger partial charge in [-0.3, -0.25) is 4.90 Å². The van der Waals surface area contributed by atoms with Gasteiger partial charge >= 0.3 is 0 Å². The fourth-order valence-corrected chi connectivity index (χ4v) is 3.09. The van der Waals surface area contributed by atoms with Gasteiger partial charge in [-0.25, -0.2) is 9.38 Å². The van der Waals surface area contributed by atoms with Crippen LogP contribution in [0.25, 0.3) is 0 Å². The second kappa shape index (κ2) is 12.8. The lowest BCUT2D eigenvalue weighted by atomic mass is 10.1. The van der Waals surface area contributed by atoms with Gasteiger partial charge in [-0.15, -0.1) is 34.2 Å². The van der Waals surface area contributed by atoms with Crippen LogP contribution in [0.2, 0.25) is 0 Å². The summed E-state index contributed by atoms with van der Waals surface area (Å²) >= 11 is 0. The molecule has 1 aliphatic heterocycles. The molecule has 0 amide bonds. The molecule has 1 aromatic carbocycles. The number of aryl methyl sites for hydroxylation is 1. The van der Waals surface area contributed by atoms with Crippen molar-refractivity contribution >= 4 is 29.9 Å². The molecule has 10 heteroatoms. The van der Waals surface area contributed by atoms with E-state index >= 15 is 0 Å². The first-order valence-electron chi connectivity index (χ1n) is 10.0. The molecule has 0 atom stereocenters. The van der Waals surface area contributed by atoms with Crippen LogP contribution in [0, 0.1) is 12.7 Å². The molecule has 1 fully saturated rings. The van der Waals surface area contributed by atoms with E-state index in [9.17, 15) is 4.39 Å². The van der Waals surface area contributed by atoms with Crippen molar-refractivity contribution in [1.82, 2.24) is 30.3 Å². The lowest BCUT2D eigenvalue weighted by Gasteiger charge is -2.26. The summed E-state index contributed by atoms with van der Waals surface area (Å²) in [6, 6.07) is 6.85. The second-order valence-electron chi connectivity index (χ2n) is 7.04. The van der Waals surface area contributed by atoms with E-state index < -0.39 is 0 Å². The van der Waals surface area contributed by atoms with Crippen LogP contribution in [-0.4, -0.2) is 71.6 Å². The highest BCUT2D eigenvalue weighted by Gasteiger charge is 2.10. The molecule has 0 aliphatic carbocycles. The highest BCUT2D eigenvalue weighted by Crippen LogP contribution is 2.06. The Morgan fingerprint density at radius 3 is 2.60 bits per heavy atom. The second-order valence-corrected chi connectivity index (χ2v) is 7.04. The third kappa shape index (κ3) is 7.47. The van der Waals surface area contributed by atoms with Gasteiger partial charge in [-0.1, -0.05) is 18.2 Å². The maximum absolute atomic E-state index is 13.8. The molecule has 0 unspecified atom stereocenters. The molecule has 0 spiro atoms. The SMILES string of the molecule is Cc1nnc(CN=C(NCCc2ccccc2F)NCCN2CCOCC2)n1C.I. The number of rotatable bonds is 8. The van der Waals surface area contributed by atoms with Crippen LogP contribution in [0.5, 0.6) is 0 Å². The molecule has 1 saturated heterocycles. The van der Waals surface area contributed by atoms with Crippen molar-refractivity contribution in [3.05, 3.63) is 47.3 Å². The molecular weight excluding hydrogens is 500 g/mol. The minimum absolute atomic E-state index is 0. The van der Waals surface area contributed by atoms with Crippen LogP contribution in [0.3, 0.4) is 0 Å². The maximum atomic E-state index is 13.8. The molecule has 30 heavy (non-hydrogen) atoms. The third-order valence-corrected chi connectivity index (χ3v) is 5.03. The summed E-state index contributed by atoms with van der Waals surface area (Å²) < 4.78 is 21.1. The van der Waals surface area contributed by atoms with Crippen LogP contribution in [-0.2, 0) is 24.8 Å². The van der Waals surface area contributed by atoms with Crippen LogP contribution in [0.4, 0.5) is 4.39 Å².